The van der Waals surface area contributed by atoms with Gasteiger partial charge < -0.3 is 9.84 Å². The van der Waals surface area contributed by atoms with E-state index < -0.39 is 0 Å². The molecule has 1 aliphatic heterocycles. The average Bonchev–Trinajstić information content (AvgIpc) is 3.08. The second-order valence-corrected chi connectivity index (χ2v) is 11.8. The summed E-state index contributed by atoms with van der Waals surface area (Å²) >= 11 is 10.5. The van der Waals surface area contributed by atoms with Crippen LogP contribution in [0.15, 0.2) is 11.1 Å². The van der Waals surface area contributed by atoms with Crippen LogP contribution in [-0.4, -0.2) is 56.8 Å². The molecule has 0 aromatic rings. The molecule has 2 aliphatic carbocycles. The van der Waals surface area contributed by atoms with Gasteiger partial charge in [-0.3, -0.25) is 0 Å². The number of hydrogen-bond acceptors (Lipinski definition) is 6. The Balaban J connectivity index is 2.02. The molecule has 3 rings (SSSR count). The van der Waals surface area contributed by atoms with Gasteiger partial charge in [0.05, 0.1) is 16.3 Å². The van der Waals surface area contributed by atoms with Crippen molar-refractivity contribution in [2.45, 2.75) is 54.6 Å². The first-order valence-corrected chi connectivity index (χ1v) is 12.1. The topological polar surface area (TPSA) is 29.5 Å². The second-order valence-electron chi connectivity index (χ2n) is 6.92. The van der Waals surface area contributed by atoms with E-state index in [4.69, 9.17) is 4.74 Å². The van der Waals surface area contributed by atoms with E-state index in [-0.39, 0.29) is 21.7 Å². The van der Waals surface area contributed by atoms with Crippen LogP contribution in [0.2, 0.25) is 0 Å². The SMILES string of the molecule is CO[C@@H]1C2(CC3=C(C)[C@@H](SCCS)CC[C@H](O)[C@@]31C)SCCS2. The summed E-state index contributed by atoms with van der Waals surface area (Å²) in [4.78, 5) is 0. The lowest BCUT2D eigenvalue weighted by atomic mass is 9.75. The van der Waals surface area contributed by atoms with Gasteiger partial charge in [-0.05, 0) is 31.9 Å². The molecule has 0 radical (unpaired) electrons. The van der Waals surface area contributed by atoms with E-state index >= 15 is 0 Å². The molecule has 23 heavy (non-hydrogen) atoms. The largest absolute Gasteiger partial charge is 0.392 e. The molecular formula is C17H28O2S4. The monoisotopic (exact) mass is 392 g/mol. The summed E-state index contributed by atoms with van der Waals surface area (Å²) in [6.45, 7) is 4.56. The number of thioether (sulfide) groups is 3. The summed E-state index contributed by atoms with van der Waals surface area (Å²) in [7, 11) is 1.83. The van der Waals surface area contributed by atoms with Gasteiger partial charge in [0.1, 0.15) is 0 Å². The van der Waals surface area contributed by atoms with Gasteiger partial charge in [0, 0.05) is 35.0 Å². The van der Waals surface area contributed by atoms with Crippen molar-refractivity contribution < 1.29 is 9.84 Å². The quantitative estimate of drug-likeness (QED) is 0.556. The van der Waals surface area contributed by atoms with Crippen LogP contribution in [0.25, 0.3) is 0 Å². The van der Waals surface area contributed by atoms with E-state index in [1.165, 1.54) is 22.7 Å². The molecule has 1 N–H and O–H groups in total. The normalized spacial score (nSPS) is 39.8. The molecule has 1 saturated heterocycles. The number of rotatable bonds is 4. The van der Waals surface area contributed by atoms with Crippen molar-refractivity contribution in [1.29, 1.82) is 0 Å². The first-order valence-electron chi connectivity index (χ1n) is 8.41. The maximum Gasteiger partial charge on any atom is 0.0927 e. The minimum Gasteiger partial charge on any atom is -0.392 e. The molecule has 1 spiro atoms. The Bertz CT molecular complexity index is 475. The van der Waals surface area contributed by atoms with Crippen LogP contribution in [0.5, 0.6) is 0 Å². The first-order chi connectivity index (χ1) is 11.0. The lowest BCUT2D eigenvalue weighted by Crippen LogP contribution is -2.47. The van der Waals surface area contributed by atoms with E-state index in [1.807, 2.05) is 18.9 Å². The van der Waals surface area contributed by atoms with Gasteiger partial charge in [-0.2, -0.15) is 24.4 Å². The highest BCUT2D eigenvalue weighted by Crippen LogP contribution is 2.66. The number of methoxy groups -OCH3 is 1. The Kier molecular flexibility index (Phi) is 6.02. The summed E-state index contributed by atoms with van der Waals surface area (Å²) in [5, 5.41) is 11.6. The van der Waals surface area contributed by atoms with Crippen molar-refractivity contribution in [2.24, 2.45) is 5.41 Å². The minimum atomic E-state index is -0.305. The molecule has 0 aromatic heterocycles. The lowest BCUT2D eigenvalue weighted by molar-refractivity contribution is -0.0442. The van der Waals surface area contributed by atoms with Gasteiger partial charge in [-0.15, -0.1) is 23.5 Å². The van der Waals surface area contributed by atoms with Gasteiger partial charge in [0.25, 0.3) is 0 Å². The second kappa shape index (κ2) is 7.36. The maximum absolute atomic E-state index is 11.1. The van der Waals surface area contributed by atoms with E-state index in [1.54, 1.807) is 0 Å². The molecule has 0 aromatic carbocycles. The zero-order valence-corrected chi connectivity index (χ0v) is 17.6. The smallest absolute Gasteiger partial charge is 0.0927 e. The highest BCUT2D eigenvalue weighted by molar-refractivity contribution is 8.21. The maximum atomic E-state index is 11.1. The van der Waals surface area contributed by atoms with E-state index in [9.17, 15) is 5.11 Å². The van der Waals surface area contributed by atoms with Gasteiger partial charge in [-0.1, -0.05) is 18.1 Å². The highest BCUT2D eigenvalue weighted by atomic mass is 32.2. The summed E-state index contributed by atoms with van der Waals surface area (Å²) in [5.41, 5.74) is 2.75. The van der Waals surface area contributed by atoms with Crippen LogP contribution in [0.4, 0.5) is 0 Å². The van der Waals surface area contributed by atoms with Crippen LogP contribution >= 0.6 is 47.9 Å². The Hall–Kier alpha value is 1.06. The minimum absolute atomic E-state index is 0.0982. The van der Waals surface area contributed by atoms with Crippen LogP contribution in [0.1, 0.15) is 33.1 Å². The fourth-order valence-electron chi connectivity index (χ4n) is 4.66. The zero-order valence-electron chi connectivity index (χ0n) is 14.2. The molecule has 2 nitrogen and oxygen atoms in total. The molecule has 0 bridgehead atoms. The molecule has 0 amide bonds. The predicted molar refractivity (Wildman–Crippen MR) is 109 cm³/mol. The Morgan fingerprint density at radius 3 is 2.65 bits per heavy atom. The fraction of sp³-hybridized carbons (Fsp3) is 0.882. The summed E-state index contributed by atoms with van der Waals surface area (Å²) < 4.78 is 6.17. The van der Waals surface area contributed by atoms with Crippen molar-refractivity contribution in [3.05, 3.63) is 11.1 Å². The third-order valence-electron chi connectivity index (χ3n) is 5.79. The van der Waals surface area contributed by atoms with Gasteiger partial charge >= 0.3 is 0 Å². The van der Waals surface area contributed by atoms with Crippen molar-refractivity contribution in [1.82, 2.24) is 0 Å². The first kappa shape index (κ1) is 18.8. The Morgan fingerprint density at radius 2 is 2.04 bits per heavy atom. The molecule has 6 heteroatoms. The molecule has 4 atom stereocenters. The summed E-state index contributed by atoms with van der Waals surface area (Å²) in [5.74, 6) is 4.38. The van der Waals surface area contributed by atoms with Crippen LogP contribution in [-0.2, 0) is 4.74 Å². The molecule has 3 aliphatic rings. The standard InChI is InChI=1S/C17H28O2S4/c1-11-12-10-17(22-8-9-23-17)15(19-3)16(12,2)14(18)5-4-13(11)21-7-6-20/h13-15,18,20H,4-10H2,1-3H3/t13-,14-,15-,16+/m0/s1. The lowest BCUT2D eigenvalue weighted by Gasteiger charge is -2.40. The van der Waals surface area contributed by atoms with Crippen LogP contribution in [0, 0.1) is 5.41 Å². The van der Waals surface area contributed by atoms with Crippen molar-refractivity contribution in [2.75, 3.05) is 30.1 Å². The highest BCUT2D eigenvalue weighted by Gasteiger charge is 2.63. The van der Waals surface area contributed by atoms with Crippen molar-refractivity contribution in [3.63, 3.8) is 0 Å². The van der Waals surface area contributed by atoms with Crippen LogP contribution in [0.3, 0.4) is 0 Å². The van der Waals surface area contributed by atoms with E-state index in [0.29, 0.717) is 5.25 Å². The number of aliphatic hydroxyl groups excluding tert-OH is 1. The molecule has 2 fully saturated rings. The van der Waals surface area contributed by atoms with Gasteiger partial charge in [0.15, 0.2) is 0 Å². The molecule has 1 saturated carbocycles. The average molecular weight is 393 g/mol. The number of thiol groups is 1. The third-order valence-corrected chi connectivity index (χ3v) is 11.2. The molecule has 0 unspecified atom stereocenters. The molecule has 132 valence electrons. The zero-order chi connectivity index (χ0) is 16.7. The van der Waals surface area contributed by atoms with Crippen LogP contribution < -0.4 is 0 Å². The number of ether oxygens (including phenoxy) is 1. The Labute approximate surface area is 158 Å². The fourth-order valence-corrected chi connectivity index (χ4v) is 9.73. The van der Waals surface area contributed by atoms with Gasteiger partial charge in [-0.25, -0.2) is 0 Å². The van der Waals surface area contributed by atoms with Crippen molar-refractivity contribution >= 4 is 47.9 Å². The van der Waals surface area contributed by atoms with Crippen molar-refractivity contribution in [3.8, 4) is 0 Å². The van der Waals surface area contributed by atoms with Gasteiger partial charge in [0.2, 0.25) is 0 Å². The number of aliphatic hydroxyl groups is 1. The molecular weight excluding hydrogens is 364 g/mol. The molecule has 1 heterocycles. The Morgan fingerprint density at radius 1 is 1.35 bits per heavy atom. The summed E-state index contributed by atoms with van der Waals surface area (Å²) in [6, 6.07) is 0. The van der Waals surface area contributed by atoms with E-state index in [2.05, 4.69) is 50.0 Å². The predicted octanol–water partition coefficient (Wildman–Crippen LogP) is 4.09. The number of hydrogen-bond donors (Lipinski definition) is 2. The summed E-state index contributed by atoms with van der Waals surface area (Å²) in [6.07, 6.45) is 2.79. The third kappa shape index (κ3) is 3.03. The number of fused-ring (bicyclic) bond motifs is 1. The van der Waals surface area contributed by atoms with E-state index in [0.717, 1.165) is 30.8 Å².